The van der Waals surface area contributed by atoms with Crippen molar-refractivity contribution >= 4 is 28.2 Å². The van der Waals surface area contributed by atoms with Crippen LogP contribution in [-0.4, -0.2) is 4.98 Å². The average Bonchev–Trinajstić information content (AvgIpc) is 2.14. The summed E-state index contributed by atoms with van der Waals surface area (Å²) in [6, 6.07) is 4.26. The van der Waals surface area contributed by atoms with E-state index in [9.17, 15) is 4.39 Å². The lowest BCUT2D eigenvalue weighted by Gasteiger charge is -2.06. The number of nitrogens with two attached hydrogens (primary N) is 1. The molecule has 0 saturated heterocycles. The number of hydrogen-bond acceptors (Lipinski definition) is 2. The van der Waals surface area contributed by atoms with E-state index < -0.39 is 0 Å². The first-order valence-electron chi connectivity index (χ1n) is 4.10. The van der Waals surface area contributed by atoms with E-state index in [2.05, 4.69) is 4.98 Å². The Morgan fingerprint density at radius 3 is 2.86 bits per heavy atom. The van der Waals surface area contributed by atoms with Crippen LogP contribution in [0.2, 0.25) is 5.02 Å². The van der Waals surface area contributed by atoms with E-state index in [0.29, 0.717) is 27.3 Å². The molecule has 0 aliphatic rings. The number of nitrogens with zero attached hydrogens (tertiary/aromatic N) is 1. The summed E-state index contributed by atoms with van der Waals surface area (Å²) in [5.74, 6) is -0.328. The zero-order valence-corrected chi connectivity index (χ0v) is 8.27. The van der Waals surface area contributed by atoms with Gasteiger partial charge in [-0.2, -0.15) is 0 Å². The van der Waals surface area contributed by atoms with Crippen LogP contribution in [0.5, 0.6) is 0 Å². The minimum atomic E-state index is -0.328. The predicted octanol–water partition coefficient (Wildman–Crippen LogP) is 2.92. The van der Waals surface area contributed by atoms with Crippen LogP contribution in [0, 0.1) is 12.7 Å². The van der Waals surface area contributed by atoms with Crippen LogP contribution in [0.1, 0.15) is 5.69 Å². The van der Waals surface area contributed by atoms with Gasteiger partial charge in [-0.25, -0.2) is 4.39 Å². The highest BCUT2D eigenvalue weighted by Gasteiger charge is 2.08. The van der Waals surface area contributed by atoms with Gasteiger partial charge in [0, 0.05) is 11.5 Å². The van der Waals surface area contributed by atoms with E-state index in [0.717, 1.165) is 0 Å². The summed E-state index contributed by atoms with van der Waals surface area (Å²) in [6.07, 6.45) is 0. The lowest BCUT2D eigenvalue weighted by molar-refractivity contribution is 0.629. The van der Waals surface area contributed by atoms with E-state index in [1.807, 2.05) is 0 Å². The lowest BCUT2D eigenvalue weighted by Crippen LogP contribution is -1.94. The summed E-state index contributed by atoms with van der Waals surface area (Å²) in [6.45, 7) is 1.74. The van der Waals surface area contributed by atoms with E-state index in [-0.39, 0.29) is 5.82 Å². The van der Waals surface area contributed by atoms with Gasteiger partial charge in [0.1, 0.15) is 5.82 Å². The molecule has 0 fully saturated rings. The first-order chi connectivity index (χ1) is 6.59. The molecule has 0 saturated carbocycles. The smallest absolute Gasteiger partial charge is 0.125 e. The van der Waals surface area contributed by atoms with Gasteiger partial charge >= 0.3 is 0 Å². The summed E-state index contributed by atoms with van der Waals surface area (Å²) in [5.41, 5.74) is 7.37. The maximum atomic E-state index is 12.9. The fraction of sp³-hybridized carbons (Fsp3) is 0.100. The largest absolute Gasteiger partial charge is 0.397 e. The van der Waals surface area contributed by atoms with Gasteiger partial charge in [-0.1, -0.05) is 11.6 Å². The number of fused-ring (bicyclic) bond motifs is 1. The number of aromatic nitrogens is 1. The van der Waals surface area contributed by atoms with Crippen LogP contribution in [0.4, 0.5) is 10.1 Å². The van der Waals surface area contributed by atoms with Crippen molar-refractivity contribution in [3.63, 3.8) is 0 Å². The van der Waals surface area contributed by atoms with Crippen molar-refractivity contribution in [3.8, 4) is 0 Å². The second-order valence-corrected chi connectivity index (χ2v) is 3.46. The lowest BCUT2D eigenvalue weighted by atomic mass is 10.1. The molecule has 0 spiro atoms. The predicted molar refractivity (Wildman–Crippen MR) is 55.9 cm³/mol. The SMILES string of the molecule is Cc1nc2cc(F)ccc2c(N)c1Cl. The van der Waals surface area contributed by atoms with Crippen LogP contribution in [0.3, 0.4) is 0 Å². The molecule has 1 heterocycles. The van der Waals surface area contributed by atoms with Gasteiger partial charge in [0.2, 0.25) is 0 Å². The second-order valence-electron chi connectivity index (χ2n) is 3.09. The van der Waals surface area contributed by atoms with Crippen LogP contribution in [-0.2, 0) is 0 Å². The number of pyridine rings is 1. The minimum absolute atomic E-state index is 0.328. The molecule has 2 nitrogen and oxygen atoms in total. The summed E-state index contributed by atoms with van der Waals surface area (Å²) in [5, 5.41) is 1.12. The van der Waals surface area contributed by atoms with Crippen molar-refractivity contribution in [1.29, 1.82) is 0 Å². The number of halogens is 2. The van der Waals surface area contributed by atoms with Gasteiger partial charge < -0.3 is 5.73 Å². The molecule has 72 valence electrons. The minimum Gasteiger partial charge on any atom is -0.397 e. The molecule has 2 aromatic rings. The van der Waals surface area contributed by atoms with Gasteiger partial charge in [-0.15, -0.1) is 0 Å². The van der Waals surface area contributed by atoms with Crippen LogP contribution in [0.25, 0.3) is 10.9 Å². The Morgan fingerprint density at radius 2 is 2.14 bits per heavy atom. The Labute approximate surface area is 85.5 Å². The highest BCUT2D eigenvalue weighted by atomic mass is 35.5. The van der Waals surface area contributed by atoms with Gasteiger partial charge in [-0.3, -0.25) is 4.98 Å². The molecule has 14 heavy (non-hydrogen) atoms. The Morgan fingerprint density at radius 1 is 1.43 bits per heavy atom. The topological polar surface area (TPSA) is 38.9 Å². The molecule has 0 aliphatic carbocycles. The monoisotopic (exact) mass is 210 g/mol. The van der Waals surface area contributed by atoms with Crippen molar-refractivity contribution < 1.29 is 4.39 Å². The maximum Gasteiger partial charge on any atom is 0.125 e. The molecule has 0 aliphatic heterocycles. The highest BCUT2D eigenvalue weighted by Crippen LogP contribution is 2.29. The zero-order chi connectivity index (χ0) is 10.3. The maximum absolute atomic E-state index is 12.9. The third-order valence-electron chi connectivity index (χ3n) is 2.09. The molecule has 1 aromatic carbocycles. The third kappa shape index (κ3) is 1.30. The summed E-state index contributed by atoms with van der Waals surface area (Å²) in [4.78, 5) is 4.14. The van der Waals surface area contributed by atoms with E-state index in [1.54, 1.807) is 13.0 Å². The number of rotatable bonds is 0. The molecule has 2 N–H and O–H groups in total. The van der Waals surface area contributed by atoms with E-state index >= 15 is 0 Å². The van der Waals surface area contributed by atoms with Crippen LogP contribution < -0.4 is 5.73 Å². The summed E-state index contributed by atoms with van der Waals surface area (Å²) < 4.78 is 12.9. The molecule has 0 amide bonds. The van der Waals surface area contributed by atoms with Crippen molar-refractivity contribution in [2.24, 2.45) is 0 Å². The molecule has 2 rings (SSSR count). The molecular formula is C10H8ClFN2. The van der Waals surface area contributed by atoms with Crippen LogP contribution >= 0.6 is 11.6 Å². The first kappa shape index (κ1) is 9.21. The van der Waals surface area contributed by atoms with Crippen molar-refractivity contribution in [2.45, 2.75) is 6.92 Å². The molecule has 4 heteroatoms. The normalized spacial score (nSPS) is 10.8. The van der Waals surface area contributed by atoms with Gasteiger partial charge in [0.25, 0.3) is 0 Å². The third-order valence-corrected chi connectivity index (χ3v) is 2.57. The Hall–Kier alpha value is -1.35. The fourth-order valence-electron chi connectivity index (χ4n) is 1.37. The Balaban J connectivity index is 2.91. The standard InChI is InChI=1S/C10H8ClFN2/c1-5-9(11)10(13)7-3-2-6(12)4-8(7)14-5/h2-4H,1H3,(H2,13,14). The zero-order valence-electron chi connectivity index (χ0n) is 7.51. The van der Waals surface area contributed by atoms with Gasteiger partial charge in [0.05, 0.1) is 21.9 Å². The number of nitrogen functional groups attached to an aromatic ring is 1. The average molecular weight is 211 g/mol. The highest BCUT2D eigenvalue weighted by molar-refractivity contribution is 6.35. The number of benzene rings is 1. The Kier molecular flexibility index (Phi) is 2.04. The quantitative estimate of drug-likeness (QED) is 0.726. The second kappa shape index (κ2) is 3.10. The summed E-state index contributed by atoms with van der Waals surface area (Å²) >= 11 is 5.92. The van der Waals surface area contributed by atoms with Gasteiger partial charge in [0.15, 0.2) is 0 Å². The van der Waals surface area contributed by atoms with Crippen LogP contribution in [0.15, 0.2) is 18.2 Å². The summed E-state index contributed by atoms with van der Waals surface area (Å²) in [7, 11) is 0. The van der Waals surface area contributed by atoms with Gasteiger partial charge in [-0.05, 0) is 19.1 Å². The number of aryl methyl sites for hydroxylation is 1. The molecular weight excluding hydrogens is 203 g/mol. The first-order valence-corrected chi connectivity index (χ1v) is 4.48. The van der Waals surface area contributed by atoms with E-state index in [1.165, 1.54) is 12.1 Å². The number of anilines is 1. The fourth-order valence-corrected chi connectivity index (χ4v) is 1.51. The van der Waals surface area contributed by atoms with E-state index in [4.69, 9.17) is 17.3 Å². The molecule has 0 bridgehead atoms. The van der Waals surface area contributed by atoms with Crippen molar-refractivity contribution in [1.82, 2.24) is 4.98 Å². The molecule has 0 unspecified atom stereocenters. The number of hydrogen-bond donors (Lipinski definition) is 1. The Bertz CT molecular complexity index is 511. The molecule has 1 aromatic heterocycles. The van der Waals surface area contributed by atoms with Crippen molar-refractivity contribution in [3.05, 3.63) is 34.7 Å². The molecule has 0 radical (unpaired) electrons. The van der Waals surface area contributed by atoms with Crippen molar-refractivity contribution in [2.75, 3.05) is 5.73 Å². The molecule has 0 atom stereocenters.